The van der Waals surface area contributed by atoms with Crippen molar-refractivity contribution in [2.24, 2.45) is 0 Å². The fourth-order valence-electron chi connectivity index (χ4n) is 0.337. The standard InChI is InChI=1S/C7H13O2/c1-7(2,3)9-6-4-5-8/h4-5H,6H2,1-3H3. The molecule has 0 saturated carbocycles. The summed E-state index contributed by atoms with van der Waals surface area (Å²) in [6, 6.07) is 0. The summed E-state index contributed by atoms with van der Waals surface area (Å²) in [6.07, 6.45) is 2.19. The maximum atomic E-state index is 9.76. The molecule has 0 atom stereocenters. The van der Waals surface area contributed by atoms with Gasteiger partial charge in [-0.3, -0.25) is 0 Å². The van der Waals surface area contributed by atoms with Gasteiger partial charge < -0.3 is 9.53 Å². The Hall–Kier alpha value is -0.370. The van der Waals surface area contributed by atoms with Gasteiger partial charge in [-0.25, -0.2) is 0 Å². The van der Waals surface area contributed by atoms with Gasteiger partial charge in [-0.15, -0.1) is 0 Å². The quantitative estimate of drug-likeness (QED) is 0.423. The minimum atomic E-state index is -0.139. The van der Waals surface area contributed by atoms with E-state index in [-0.39, 0.29) is 5.60 Å². The van der Waals surface area contributed by atoms with E-state index < -0.39 is 0 Å². The van der Waals surface area contributed by atoms with Crippen molar-refractivity contribution in [2.45, 2.75) is 26.4 Å². The molecule has 9 heavy (non-hydrogen) atoms. The molecule has 0 saturated heterocycles. The fourth-order valence-corrected chi connectivity index (χ4v) is 0.337. The van der Waals surface area contributed by atoms with Crippen LogP contribution in [0.15, 0.2) is 0 Å². The van der Waals surface area contributed by atoms with Gasteiger partial charge in [0, 0.05) is 6.42 Å². The fraction of sp³-hybridized carbons (Fsp3) is 0.714. The van der Waals surface area contributed by atoms with Gasteiger partial charge in [0.1, 0.15) is 6.29 Å². The molecule has 0 aliphatic rings. The zero-order chi connectivity index (χ0) is 7.33. The third-order valence-electron chi connectivity index (χ3n) is 0.709. The molecule has 0 aromatic rings. The Morgan fingerprint density at radius 2 is 2.00 bits per heavy atom. The second-order valence-corrected chi connectivity index (χ2v) is 2.80. The van der Waals surface area contributed by atoms with Crippen molar-refractivity contribution in [3.8, 4) is 0 Å². The van der Waals surface area contributed by atoms with Crippen LogP contribution >= 0.6 is 0 Å². The van der Waals surface area contributed by atoms with Gasteiger partial charge in [-0.1, -0.05) is 0 Å². The van der Waals surface area contributed by atoms with Crippen LogP contribution in [-0.2, 0) is 9.53 Å². The first-order valence-corrected chi connectivity index (χ1v) is 2.97. The number of hydrogen-bond donors (Lipinski definition) is 0. The Balaban J connectivity index is 3.17. The van der Waals surface area contributed by atoms with E-state index in [0.29, 0.717) is 6.61 Å². The first-order chi connectivity index (χ1) is 4.06. The number of carbonyl (C=O) groups is 1. The van der Waals surface area contributed by atoms with Gasteiger partial charge >= 0.3 is 0 Å². The van der Waals surface area contributed by atoms with Crippen LogP contribution in [0.4, 0.5) is 0 Å². The Kier molecular flexibility index (Phi) is 3.47. The molecule has 0 aromatic carbocycles. The highest BCUT2D eigenvalue weighted by molar-refractivity contribution is 5.60. The average molecular weight is 129 g/mol. The van der Waals surface area contributed by atoms with Crippen molar-refractivity contribution in [3.05, 3.63) is 6.42 Å². The number of hydrogen-bond acceptors (Lipinski definition) is 2. The van der Waals surface area contributed by atoms with Crippen molar-refractivity contribution < 1.29 is 9.53 Å². The predicted octanol–water partition coefficient (Wildman–Crippen LogP) is 1.20. The summed E-state index contributed by atoms with van der Waals surface area (Å²) < 4.78 is 5.18. The maximum absolute atomic E-state index is 9.76. The van der Waals surface area contributed by atoms with Gasteiger partial charge in [0.15, 0.2) is 0 Å². The molecular formula is C7H13O2. The molecule has 0 rings (SSSR count). The average Bonchev–Trinajstić information content (AvgIpc) is 1.63. The van der Waals surface area contributed by atoms with Gasteiger partial charge in [0.25, 0.3) is 0 Å². The van der Waals surface area contributed by atoms with Crippen LogP contribution in [0.3, 0.4) is 0 Å². The lowest BCUT2D eigenvalue weighted by molar-refractivity contribution is -0.106. The van der Waals surface area contributed by atoms with Crippen molar-refractivity contribution in [1.29, 1.82) is 0 Å². The monoisotopic (exact) mass is 129 g/mol. The van der Waals surface area contributed by atoms with E-state index in [4.69, 9.17) is 4.74 Å². The Bertz CT molecular complexity index is 81.4. The summed E-state index contributed by atoms with van der Waals surface area (Å²) in [5.74, 6) is 0. The minimum absolute atomic E-state index is 0.139. The number of rotatable bonds is 3. The van der Waals surface area contributed by atoms with Crippen LogP contribution < -0.4 is 0 Å². The van der Waals surface area contributed by atoms with E-state index in [0.717, 1.165) is 6.29 Å². The Morgan fingerprint density at radius 1 is 1.44 bits per heavy atom. The molecule has 2 nitrogen and oxygen atoms in total. The van der Waals surface area contributed by atoms with Crippen molar-refractivity contribution in [1.82, 2.24) is 0 Å². The zero-order valence-corrected chi connectivity index (χ0v) is 6.18. The van der Waals surface area contributed by atoms with E-state index in [1.165, 1.54) is 6.42 Å². The first-order valence-electron chi connectivity index (χ1n) is 2.97. The molecule has 0 spiro atoms. The lowest BCUT2D eigenvalue weighted by Crippen LogP contribution is -2.19. The summed E-state index contributed by atoms with van der Waals surface area (Å²) in [5.41, 5.74) is -0.139. The molecule has 1 radical (unpaired) electrons. The summed E-state index contributed by atoms with van der Waals surface area (Å²) in [5, 5.41) is 0. The first kappa shape index (κ1) is 8.63. The van der Waals surface area contributed by atoms with Crippen LogP contribution in [-0.4, -0.2) is 18.5 Å². The molecular weight excluding hydrogens is 116 g/mol. The molecule has 2 heteroatoms. The van der Waals surface area contributed by atoms with Crippen LogP contribution in [0, 0.1) is 6.42 Å². The Labute approximate surface area is 56.2 Å². The number of carbonyl (C=O) groups excluding carboxylic acids is 1. The summed E-state index contributed by atoms with van der Waals surface area (Å²) in [4.78, 5) is 9.76. The second-order valence-electron chi connectivity index (χ2n) is 2.80. The van der Waals surface area contributed by atoms with Gasteiger partial charge in [0.2, 0.25) is 0 Å². The van der Waals surface area contributed by atoms with Gasteiger partial charge in [0.05, 0.1) is 12.2 Å². The molecule has 0 amide bonds. The third kappa shape index (κ3) is 7.63. The summed E-state index contributed by atoms with van der Waals surface area (Å²) >= 11 is 0. The SMILES string of the molecule is CC(C)(C)OC[CH]C=O. The molecule has 0 unspecified atom stereocenters. The van der Waals surface area contributed by atoms with E-state index in [9.17, 15) is 4.79 Å². The topological polar surface area (TPSA) is 26.3 Å². The highest BCUT2D eigenvalue weighted by atomic mass is 16.5. The maximum Gasteiger partial charge on any atom is 0.126 e. The zero-order valence-electron chi connectivity index (χ0n) is 6.18. The van der Waals surface area contributed by atoms with Crippen molar-refractivity contribution >= 4 is 6.29 Å². The van der Waals surface area contributed by atoms with E-state index in [1.807, 2.05) is 20.8 Å². The summed E-state index contributed by atoms with van der Waals surface area (Å²) in [6.45, 7) is 6.26. The van der Waals surface area contributed by atoms with Crippen molar-refractivity contribution in [2.75, 3.05) is 6.61 Å². The molecule has 0 aliphatic heterocycles. The molecule has 0 bridgehead atoms. The third-order valence-corrected chi connectivity index (χ3v) is 0.709. The molecule has 0 N–H and O–H groups in total. The number of ether oxygens (including phenoxy) is 1. The highest BCUT2D eigenvalue weighted by Gasteiger charge is 2.08. The lowest BCUT2D eigenvalue weighted by atomic mass is 10.2. The van der Waals surface area contributed by atoms with E-state index in [2.05, 4.69) is 0 Å². The number of aldehydes is 1. The van der Waals surface area contributed by atoms with E-state index in [1.54, 1.807) is 0 Å². The smallest absolute Gasteiger partial charge is 0.126 e. The largest absolute Gasteiger partial charge is 0.375 e. The second kappa shape index (κ2) is 3.62. The van der Waals surface area contributed by atoms with Crippen molar-refractivity contribution in [3.63, 3.8) is 0 Å². The molecule has 0 heterocycles. The molecule has 0 aliphatic carbocycles. The summed E-state index contributed by atoms with van der Waals surface area (Å²) in [7, 11) is 0. The van der Waals surface area contributed by atoms with E-state index >= 15 is 0 Å². The van der Waals surface area contributed by atoms with Crippen LogP contribution in [0.25, 0.3) is 0 Å². The minimum Gasteiger partial charge on any atom is -0.375 e. The molecule has 53 valence electrons. The highest BCUT2D eigenvalue weighted by Crippen LogP contribution is 2.05. The normalized spacial score (nSPS) is 11.4. The van der Waals surface area contributed by atoms with Gasteiger partial charge in [-0.05, 0) is 20.8 Å². The lowest BCUT2D eigenvalue weighted by Gasteiger charge is -2.18. The Morgan fingerprint density at radius 3 is 2.33 bits per heavy atom. The van der Waals surface area contributed by atoms with Crippen LogP contribution in [0.5, 0.6) is 0 Å². The van der Waals surface area contributed by atoms with Crippen LogP contribution in [0.2, 0.25) is 0 Å². The van der Waals surface area contributed by atoms with Gasteiger partial charge in [-0.2, -0.15) is 0 Å². The van der Waals surface area contributed by atoms with Crippen LogP contribution in [0.1, 0.15) is 20.8 Å². The molecule has 0 fully saturated rings. The predicted molar refractivity (Wildman–Crippen MR) is 36.1 cm³/mol. The molecule has 0 aromatic heterocycles.